The number of furan rings is 1. The SMILES string of the molecule is COc1cccc(C(O)c2ccoc2)c1. The van der Waals surface area contributed by atoms with Crippen molar-refractivity contribution in [2.75, 3.05) is 7.11 Å². The van der Waals surface area contributed by atoms with Crippen LogP contribution < -0.4 is 4.74 Å². The van der Waals surface area contributed by atoms with E-state index in [-0.39, 0.29) is 0 Å². The van der Waals surface area contributed by atoms with Gasteiger partial charge in [-0.3, -0.25) is 0 Å². The normalized spacial score (nSPS) is 12.4. The van der Waals surface area contributed by atoms with Crippen LogP contribution in [0.2, 0.25) is 0 Å². The van der Waals surface area contributed by atoms with Gasteiger partial charge in [0.1, 0.15) is 11.9 Å². The summed E-state index contributed by atoms with van der Waals surface area (Å²) in [6.45, 7) is 0. The minimum atomic E-state index is -0.668. The molecule has 1 aromatic heterocycles. The Morgan fingerprint density at radius 3 is 2.80 bits per heavy atom. The first-order valence-corrected chi connectivity index (χ1v) is 4.65. The van der Waals surface area contributed by atoms with Crippen molar-refractivity contribution in [2.45, 2.75) is 6.10 Å². The molecule has 0 aliphatic heterocycles. The number of rotatable bonds is 3. The monoisotopic (exact) mass is 204 g/mol. The van der Waals surface area contributed by atoms with Crippen LogP contribution in [0, 0.1) is 0 Å². The van der Waals surface area contributed by atoms with Crippen molar-refractivity contribution in [3.8, 4) is 5.75 Å². The third-order valence-electron chi connectivity index (χ3n) is 2.27. The second-order valence-electron chi connectivity index (χ2n) is 3.24. The molecule has 1 unspecified atom stereocenters. The summed E-state index contributed by atoms with van der Waals surface area (Å²) < 4.78 is 10.0. The molecular weight excluding hydrogens is 192 g/mol. The molecule has 1 heterocycles. The Labute approximate surface area is 87.9 Å². The summed E-state index contributed by atoms with van der Waals surface area (Å²) in [5.74, 6) is 0.732. The average Bonchev–Trinajstić information content (AvgIpc) is 2.81. The van der Waals surface area contributed by atoms with Crippen LogP contribution in [0.5, 0.6) is 5.75 Å². The van der Waals surface area contributed by atoms with E-state index in [1.54, 1.807) is 25.5 Å². The van der Waals surface area contributed by atoms with E-state index in [1.165, 1.54) is 6.26 Å². The van der Waals surface area contributed by atoms with Gasteiger partial charge in [-0.2, -0.15) is 0 Å². The summed E-state index contributed by atoms with van der Waals surface area (Å²) in [6, 6.07) is 9.07. The smallest absolute Gasteiger partial charge is 0.119 e. The molecule has 0 aliphatic carbocycles. The standard InChI is InChI=1S/C12H12O3/c1-14-11-4-2-3-9(7-11)12(13)10-5-6-15-8-10/h2-8,12-13H,1H3. The van der Waals surface area contributed by atoms with Crippen molar-refractivity contribution in [2.24, 2.45) is 0 Å². The van der Waals surface area contributed by atoms with Crippen molar-refractivity contribution >= 4 is 0 Å². The van der Waals surface area contributed by atoms with Crippen LogP contribution in [-0.2, 0) is 0 Å². The number of hydrogen-bond acceptors (Lipinski definition) is 3. The predicted octanol–water partition coefficient (Wildman–Crippen LogP) is 2.37. The topological polar surface area (TPSA) is 42.6 Å². The highest BCUT2D eigenvalue weighted by Crippen LogP contribution is 2.24. The van der Waals surface area contributed by atoms with E-state index in [0.29, 0.717) is 0 Å². The summed E-state index contributed by atoms with van der Waals surface area (Å²) in [4.78, 5) is 0. The summed E-state index contributed by atoms with van der Waals surface area (Å²) in [7, 11) is 1.60. The molecule has 0 radical (unpaired) electrons. The maximum Gasteiger partial charge on any atom is 0.119 e. The van der Waals surface area contributed by atoms with Gasteiger partial charge in [0.15, 0.2) is 0 Å². The minimum absolute atomic E-state index is 0.668. The lowest BCUT2D eigenvalue weighted by Gasteiger charge is -2.09. The molecule has 0 saturated heterocycles. The molecule has 1 atom stereocenters. The molecule has 2 rings (SSSR count). The Bertz CT molecular complexity index is 420. The summed E-state index contributed by atoms with van der Waals surface area (Å²) in [6.07, 6.45) is 2.40. The van der Waals surface area contributed by atoms with Gasteiger partial charge in [-0.25, -0.2) is 0 Å². The van der Waals surface area contributed by atoms with Gasteiger partial charge < -0.3 is 14.3 Å². The van der Waals surface area contributed by atoms with Gasteiger partial charge in [0.05, 0.1) is 19.6 Å². The molecular formula is C12H12O3. The Kier molecular flexibility index (Phi) is 2.74. The molecule has 15 heavy (non-hydrogen) atoms. The van der Waals surface area contributed by atoms with Crippen LogP contribution in [-0.4, -0.2) is 12.2 Å². The highest BCUT2D eigenvalue weighted by Gasteiger charge is 2.11. The van der Waals surface area contributed by atoms with Crippen LogP contribution >= 0.6 is 0 Å². The lowest BCUT2D eigenvalue weighted by Crippen LogP contribution is -1.98. The van der Waals surface area contributed by atoms with Crippen LogP contribution in [0.1, 0.15) is 17.2 Å². The highest BCUT2D eigenvalue weighted by molar-refractivity contribution is 5.34. The molecule has 0 fully saturated rings. The van der Waals surface area contributed by atoms with Crippen molar-refractivity contribution < 1.29 is 14.3 Å². The van der Waals surface area contributed by atoms with Crippen molar-refractivity contribution in [1.29, 1.82) is 0 Å². The lowest BCUT2D eigenvalue weighted by atomic mass is 10.0. The minimum Gasteiger partial charge on any atom is -0.497 e. The second kappa shape index (κ2) is 4.19. The van der Waals surface area contributed by atoms with Crippen molar-refractivity contribution in [3.05, 3.63) is 54.0 Å². The van der Waals surface area contributed by atoms with Gasteiger partial charge >= 0.3 is 0 Å². The van der Waals surface area contributed by atoms with Crippen LogP contribution in [0.4, 0.5) is 0 Å². The number of benzene rings is 1. The maximum atomic E-state index is 9.99. The van der Waals surface area contributed by atoms with Gasteiger partial charge in [0, 0.05) is 5.56 Å². The van der Waals surface area contributed by atoms with Gasteiger partial charge in [-0.1, -0.05) is 12.1 Å². The predicted molar refractivity (Wildman–Crippen MR) is 55.8 cm³/mol. The zero-order chi connectivity index (χ0) is 10.7. The largest absolute Gasteiger partial charge is 0.497 e. The molecule has 2 aromatic rings. The molecule has 0 aliphatic rings. The number of aliphatic hydroxyl groups is 1. The van der Waals surface area contributed by atoms with Gasteiger partial charge in [0.2, 0.25) is 0 Å². The van der Waals surface area contributed by atoms with Crippen LogP contribution in [0.25, 0.3) is 0 Å². The lowest BCUT2D eigenvalue weighted by molar-refractivity contribution is 0.218. The van der Waals surface area contributed by atoms with Gasteiger partial charge in [0.25, 0.3) is 0 Å². The number of ether oxygens (including phenoxy) is 1. The molecule has 78 valence electrons. The first kappa shape index (κ1) is 9.80. The molecule has 3 heteroatoms. The third kappa shape index (κ3) is 2.02. The average molecular weight is 204 g/mol. The number of hydrogen-bond donors (Lipinski definition) is 1. The van der Waals surface area contributed by atoms with E-state index in [2.05, 4.69) is 0 Å². The maximum absolute atomic E-state index is 9.99. The third-order valence-corrected chi connectivity index (χ3v) is 2.27. The molecule has 0 saturated carbocycles. The quantitative estimate of drug-likeness (QED) is 0.834. The van der Waals surface area contributed by atoms with Crippen LogP contribution in [0.3, 0.4) is 0 Å². The fourth-order valence-corrected chi connectivity index (χ4v) is 1.43. The first-order chi connectivity index (χ1) is 7.31. The summed E-state index contributed by atoms with van der Waals surface area (Å²) in [5.41, 5.74) is 1.53. The Morgan fingerprint density at radius 1 is 1.27 bits per heavy atom. The Morgan fingerprint density at radius 2 is 2.13 bits per heavy atom. The first-order valence-electron chi connectivity index (χ1n) is 4.65. The molecule has 3 nitrogen and oxygen atoms in total. The zero-order valence-corrected chi connectivity index (χ0v) is 8.38. The van der Waals surface area contributed by atoms with Gasteiger partial charge in [-0.15, -0.1) is 0 Å². The fourth-order valence-electron chi connectivity index (χ4n) is 1.43. The van der Waals surface area contributed by atoms with E-state index in [1.807, 2.05) is 18.2 Å². The molecule has 0 bridgehead atoms. The van der Waals surface area contributed by atoms with Gasteiger partial charge in [-0.05, 0) is 23.8 Å². The number of methoxy groups -OCH3 is 1. The zero-order valence-electron chi connectivity index (χ0n) is 8.38. The molecule has 1 N–H and O–H groups in total. The van der Waals surface area contributed by atoms with E-state index in [0.717, 1.165) is 16.9 Å². The molecule has 0 spiro atoms. The molecule has 0 amide bonds. The summed E-state index contributed by atoms with van der Waals surface area (Å²) >= 11 is 0. The van der Waals surface area contributed by atoms with E-state index in [4.69, 9.17) is 9.15 Å². The number of aliphatic hydroxyl groups excluding tert-OH is 1. The fraction of sp³-hybridized carbons (Fsp3) is 0.167. The van der Waals surface area contributed by atoms with Crippen molar-refractivity contribution in [3.63, 3.8) is 0 Å². The molecule has 1 aromatic carbocycles. The Balaban J connectivity index is 2.29. The van der Waals surface area contributed by atoms with E-state index in [9.17, 15) is 5.11 Å². The van der Waals surface area contributed by atoms with Crippen LogP contribution in [0.15, 0.2) is 47.3 Å². The highest BCUT2D eigenvalue weighted by atomic mass is 16.5. The Hall–Kier alpha value is -1.74. The summed E-state index contributed by atoms with van der Waals surface area (Å²) in [5, 5.41) is 9.99. The second-order valence-corrected chi connectivity index (χ2v) is 3.24. The van der Waals surface area contributed by atoms with E-state index >= 15 is 0 Å². The van der Waals surface area contributed by atoms with E-state index < -0.39 is 6.10 Å². The van der Waals surface area contributed by atoms with Crippen molar-refractivity contribution in [1.82, 2.24) is 0 Å².